The fourth-order valence-electron chi connectivity index (χ4n) is 1.61. The van der Waals surface area contributed by atoms with E-state index in [1.54, 1.807) is 13.8 Å². The number of nitrogens with zero attached hydrogens (tertiary/aromatic N) is 2. The van der Waals surface area contributed by atoms with Crippen LogP contribution in [0, 0.1) is 13.8 Å². The quantitative estimate of drug-likeness (QED) is 0.930. The van der Waals surface area contributed by atoms with E-state index in [9.17, 15) is 13.2 Å². The highest BCUT2D eigenvalue weighted by molar-refractivity contribution is 5.42. The van der Waals surface area contributed by atoms with Gasteiger partial charge in [0.05, 0.1) is 17.6 Å². The molecule has 2 heterocycles. The number of hydrogen-bond acceptors (Lipinski definition) is 4. The van der Waals surface area contributed by atoms with Gasteiger partial charge in [0.1, 0.15) is 11.5 Å². The molecular weight excluding hydrogens is 259 g/mol. The molecule has 0 aliphatic rings. The van der Waals surface area contributed by atoms with Crippen LogP contribution < -0.4 is 5.32 Å². The van der Waals surface area contributed by atoms with Crippen LogP contribution in [0.15, 0.2) is 22.9 Å². The lowest BCUT2D eigenvalue weighted by molar-refractivity contribution is -0.141. The van der Waals surface area contributed by atoms with E-state index in [0.29, 0.717) is 18.0 Å². The van der Waals surface area contributed by atoms with Crippen molar-refractivity contribution in [2.24, 2.45) is 0 Å². The van der Waals surface area contributed by atoms with Crippen molar-refractivity contribution in [2.45, 2.75) is 26.6 Å². The Bertz CT molecular complexity index is 541. The van der Waals surface area contributed by atoms with Crippen molar-refractivity contribution in [3.63, 3.8) is 0 Å². The SMILES string of the molecule is Cc1noc(C)c1CNc1ccc(C(F)(F)F)nc1. The van der Waals surface area contributed by atoms with Crippen molar-refractivity contribution in [1.82, 2.24) is 10.1 Å². The molecule has 0 saturated heterocycles. The summed E-state index contributed by atoms with van der Waals surface area (Å²) in [5.41, 5.74) is 1.24. The van der Waals surface area contributed by atoms with E-state index in [1.165, 1.54) is 6.07 Å². The summed E-state index contributed by atoms with van der Waals surface area (Å²) >= 11 is 0. The molecule has 7 heteroatoms. The zero-order valence-electron chi connectivity index (χ0n) is 10.4. The zero-order chi connectivity index (χ0) is 14.0. The summed E-state index contributed by atoms with van der Waals surface area (Å²) < 4.78 is 42.0. The minimum Gasteiger partial charge on any atom is -0.380 e. The minimum absolute atomic E-state index is 0.425. The van der Waals surface area contributed by atoms with Crippen LogP contribution in [-0.4, -0.2) is 10.1 Å². The average molecular weight is 271 g/mol. The monoisotopic (exact) mass is 271 g/mol. The second kappa shape index (κ2) is 4.91. The molecule has 0 aliphatic heterocycles. The van der Waals surface area contributed by atoms with Crippen molar-refractivity contribution in [3.8, 4) is 0 Å². The average Bonchev–Trinajstić information content (AvgIpc) is 2.66. The third kappa shape index (κ3) is 3.04. The molecule has 19 heavy (non-hydrogen) atoms. The number of anilines is 1. The molecule has 0 saturated carbocycles. The predicted molar refractivity (Wildman–Crippen MR) is 62.5 cm³/mol. The number of pyridine rings is 1. The largest absolute Gasteiger partial charge is 0.433 e. The Morgan fingerprint density at radius 2 is 2.00 bits per heavy atom. The van der Waals surface area contributed by atoms with Crippen LogP contribution in [-0.2, 0) is 12.7 Å². The summed E-state index contributed by atoms with van der Waals surface area (Å²) in [6, 6.07) is 2.28. The second-order valence-corrected chi connectivity index (χ2v) is 4.09. The first-order valence-corrected chi connectivity index (χ1v) is 5.57. The molecule has 0 bridgehead atoms. The molecular formula is C12H12F3N3O. The summed E-state index contributed by atoms with van der Waals surface area (Å²) in [5.74, 6) is 0.685. The zero-order valence-corrected chi connectivity index (χ0v) is 10.4. The van der Waals surface area contributed by atoms with Gasteiger partial charge in [0.15, 0.2) is 0 Å². The van der Waals surface area contributed by atoms with Crippen molar-refractivity contribution >= 4 is 5.69 Å². The molecule has 0 fully saturated rings. The maximum absolute atomic E-state index is 12.3. The standard InChI is InChI=1S/C12H12F3N3O/c1-7-10(8(2)19-18-7)6-16-9-3-4-11(17-5-9)12(13,14)15/h3-5,16H,6H2,1-2H3. The highest BCUT2D eigenvalue weighted by atomic mass is 19.4. The molecule has 0 radical (unpaired) electrons. The number of nitrogens with one attached hydrogen (secondary N) is 1. The summed E-state index contributed by atoms with van der Waals surface area (Å²) in [7, 11) is 0. The van der Waals surface area contributed by atoms with E-state index in [4.69, 9.17) is 4.52 Å². The van der Waals surface area contributed by atoms with Gasteiger partial charge in [-0.3, -0.25) is 0 Å². The fraction of sp³-hybridized carbons (Fsp3) is 0.333. The van der Waals surface area contributed by atoms with Crippen molar-refractivity contribution in [2.75, 3.05) is 5.32 Å². The maximum atomic E-state index is 12.3. The predicted octanol–water partition coefficient (Wildman–Crippen LogP) is 3.32. The van der Waals surface area contributed by atoms with E-state index in [0.717, 1.165) is 23.5 Å². The summed E-state index contributed by atoms with van der Waals surface area (Å²) in [4.78, 5) is 3.37. The highest BCUT2D eigenvalue weighted by Crippen LogP contribution is 2.27. The number of alkyl halides is 3. The molecule has 1 N–H and O–H groups in total. The molecule has 0 aliphatic carbocycles. The van der Waals surface area contributed by atoms with Gasteiger partial charge in [-0.15, -0.1) is 0 Å². The Morgan fingerprint density at radius 1 is 1.26 bits per heavy atom. The van der Waals surface area contributed by atoms with Crippen LogP contribution in [0.3, 0.4) is 0 Å². The van der Waals surface area contributed by atoms with Crippen LogP contribution in [0.1, 0.15) is 22.7 Å². The van der Waals surface area contributed by atoms with E-state index in [1.807, 2.05) is 0 Å². The van der Waals surface area contributed by atoms with E-state index >= 15 is 0 Å². The molecule has 102 valence electrons. The Balaban J connectivity index is 2.05. The van der Waals surface area contributed by atoms with Gasteiger partial charge in [-0.25, -0.2) is 4.98 Å². The number of hydrogen-bond donors (Lipinski definition) is 1. The first-order chi connectivity index (χ1) is 8.88. The van der Waals surface area contributed by atoms with Gasteiger partial charge in [-0.05, 0) is 26.0 Å². The van der Waals surface area contributed by atoms with Crippen molar-refractivity contribution in [3.05, 3.63) is 41.0 Å². The van der Waals surface area contributed by atoms with Gasteiger partial charge in [0.2, 0.25) is 0 Å². The number of aryl methyl sites for hydroxylation is 2. The van der Waals surface area contributed by atoms with Gasteiger partial charge in [-0.1, -0.05) is 5.16 Å². The third-order valence-corrected chi connectivity index (χ3v) is 2.70. The molecule has 0 unspecified atom stereocenters. The second-order valence-electron chi connectivity index (χ2n) is 4.09. The first-order valence-electron chi connectivity index (χ1n) is 5.57. The molecule has 2 rings (SSSR count). The summed E-state index contributed by atoms with van der Waals surface area (Å²) in [6.45, 7) is 4.01. The molecule has 0 spiro atoms. The smallest absolute Gasteiger partial charge is 0.380 e. The van der Waals surface area contributed by atoms with Gasteiger partial charge < -0.3 is 9.84 Å². The Morgan fingerprint density at radius 3 is 2.47 bits per heavy atom. The van der Waals surface area contributed by atoms with Gasteiger partial charge in [0, 0.05) is 12.1 Å². The fourth-order valence-corrected chi connectivity index (χ4v) is 1.61. The van der Waals surface area contributed by atoms with Crippen molar-refractivity contribution < 1.29 is 17.7 Å². The van der Waals surface area contributed by atoms with E-state index in [-0.39, 0.29) is 0 Å². The molecule has 2 aromatic rings. The molecule has 0 amide bonds. The molecule has 0 atom stereocenters. The third-order valence-electron chi connectivity index (χ3n) is 2.70. The van der Waals surface area contributed by atoms with Crippen LogP contribution in [0.25, 0.3) is 0 Å². The van der Waals surface area contributed by atoms with E-state index in [2.05, 4.69) is 15.5 Å². The topological polar surface area (TPSA) is 51.0 Å². The van der Waals surface area contributed by atoms with Crippen LogP contribution in [0.4, 0.5) is 18.9 Å². The number of rotatable bonds is 3. The van der Waals surface area contributed by atoms with Crippen LogP contribution >= 0.6 is 0 Å². The molecule has 4 nitrogen and oxygen atoms in total. The van der Waals surface area contributed by atoms with Crippen molar-refractivity contribution in [1.29, 1.82) is 0 Å². The van der Waals surface area contributed by atoms with E-state index < -0.39 is 11.9 Å². The maximum Gasteiger partial charge on any atom is 0.433 e. The lowest BCUT2D eigenvalue weighted by Crippen LogP contribution is -2.08. The number of aromatic nitrogens is 2. The minimum atomic E-state index is -4.42. The van der Waals surface area contributed by atoms with Gasteiger partial charge in [-0.2, -0.15) is 13.2 Å². The summed E-state index contributed by atoms with van der Waals surface area (Å²) in [5, 5.41) is 6.77. The summed E-state index contributed by atoms with van der Waals surface area (Å²) in [6.07, 6.45) is -3.26. The number of halogens is 3. The highest BCUT2D eigenvalue weighted by Gasteiger charge is 2.31. The lowest BCUT2D eigenvalue weighted by atomic mass is 10.2. The first kappa shape index (κ1) is 13.4. The molecule has 0 aromatic carbocycles. The van der Waals surface area contributed by atoms with Gasteiger partial charge in [0.25, 0.3) is 0 Å². The Labute approximate surface area is 107 Å². The van der Waals surface area contributed by atoms with Crippen LogP contribution in [0.5, 0.6) is 0 Å². The lowest BCUT2D eigenvalue weighted by Gasteiger charge is -2.08. The van der Waals surface area contributed by atoms with Crippen LogP contribution in [0.2, 0.25) is 0 Å². The van der Waals surface area contributed by atoms with Gasteiger partial charge >= 0.3 is 6.18 Å². The Hall–Kier alpha value is -2.05. The Kier molecular flexibility index (Phi) is 3.46. The normalized spacial score (nSPS) is 11.6. The molecule has 2 aromatic heterocycles.